The van der Waals surface area contributed by atoms with Crippen LogP contribution < -0.4 is 0 Å². The molecule has 17 nitrogen and oxygen atoms in total. The number of carbonyl (C=O) groups is 4. The van der Waals surface area contributed by atoms with Crippen LogP contribution in [0.4, 0.5) is 0 Å². The molecule has 606 valence electrons. The summed E-state index contributed by atoms with van der Waals surface area (Å²) in [4.78, 5) is 73.1. The van der Waals surface area contributed by atoms with Crippen molar-refractivity contribution in [1.82, 2.24) is 0 Å². The molecule has 102 heavy (non-hydrogen) atoms. The molecule has 0 aromatic carbocycles. The van der Waals surface area contributed by atoms with E-state index in [1.807, 2.05) is 0 Å². The number of phosphoric ester groups is 2. The van der Waals surface area contributed by atoms with Gasteiger partial charge in [-0.2, -0.15) is 0 Å². The average Bonchev–Trinajstić information content (AvgIpc) is 0.960. The van der Waals surface area contributed by atoms with Gasteiger partial charge in [0.05, 0.1) is 26.4 Å². The van der Waals surface area contributed by atoms with Crippen molar-refractivity contribution in [3.8, 4) is 0 Å². The molecule has 0 aliphatic carbocycles. The molecule has 0 amide bonds. The van der Waals surface area contributed by atoms with Gasteiger partial charge in [-0.1, -0.05) is 382 Å². The second-order valence-corrected chi connectivity index (χ2v) is 34.0. The molecule has 0 aliphatic rings. The van der Waals surface area contributed by atoms with Gasteiger partial charge < -0.3 is 33.8 Å². The highest BCUT2D eigenvalue weighted by molar-refractivity contribution is 7.47. The highest BCUT2D eigenvalue weighted by Crippen LogP contribution is 2.45. The zero-order valence-corrected chi connectivity index (χ0v) is 68.9. The van der Waals surface area contributed by atoms with Crippen LogP contribution in [0.25, 0.3) is 0 Å². The van der Waals surface area contributed by atoms with E-state index in [-0.39, 0.29) is 25.7 Å². The maximum absolute atomic E-state index is 13.1. The van der Waals surface area contributed by atoms with Crippen LogP contribution in [-0.4, -0.2) is 96.7 Å². The third-order valence-corrected chi connectivity index (χ3v) is 21.6. The van der Waals surface area contributed by atoms with Gasteiger partial charge in [0, 0.05) is 25.7 Å². The molecule has 0 saturated heterocycles. The summed E-state index contributed by atoms with van der Waals surface area (Å²) >= 11 is 0. The first-order chi connectivity index (χ1) is 49.3. The molecule has 0 heterocycles. The van der Waals surface area contributed by atoms with E-state index in [0.717, 1.165) is 108 Å². The monoisotopic (exact) mass is 1490 g/mol. The van der Waals surface area contributed by atoms with Crippen LogP contribution in [0.2, 0.25) is 0 Å². The van der Waals surface area contributed by atoms with Gasteiger partial charge in [-0.25, -0.2) is 9.13 Å². The van der Waals surface area contributed by atoms with Crippen molar-refractivity contribution in [3.05, 3.63) is 0 Å². The van der Waals surface area contributed by atoms with Crippen LogP contribution in [0.3, 0.4) is 0 Å². The number of rotatable bonds is 81. The summed E-state index contributed by atoms with van der Waals surface area (Å²) < 4.78 is 68.8. The summed E-state index contributed by atoms with van der Waals surface area (Å²) in [5, 5.41) is 10.7. The van der Waals surface area contributed by atoms with E-state index in [1.54, 1.807) is 0 Å². The van der Waals surface area contributed by atoms with E-state index in [9.17, 15) is 43.2 Å². The largest absolute Gasteiger partial charge is 0.472 e. The van der Waals surface area contributed by atoms with Crippen LogP contribution in [-0.2, 0) is 65.4 Å². The number of aliphatic hydroxyl groups excluding tert-OH is 1. The Kier molecular flexibility index (Phi) is 71.8. The lowest BCUT2D eigenvalue weighted by Crippen LogP contribution is -2.30. The molecular weight excluding hydrogens is 1330 g/mol. The minimum atomic E-state index is -4.96. The zero-order valence-electron chi connectivity index (χ0n) is 67.1. The third kappa shape index (κ3) is 74.9. The fraction of sp³-hybridized carbons (Fsp3) is 0.952. The molecule has 0 rings (SSSR count). The van der Waals surface area contributed by atoms with Crippen LogP contribution >= 0.6 is 15.6 Å². The van der Waals surface area contributed by atoms with Crippen molar-refractivity contribution in [2.24, 2.45) is 17.8 Å². The lowest BCUT2D eigenvalue weighted by molar-refractivity contribution is -0.161. The Hall–Kier alpha value is -1.94. The van der Waals surface area contributed by atoms with Crippen molar-refractivity contribution in [3.63, 3.8) is 0 Å². The van der Waals surface area contributed by atoms with Crippen LogP contribution in [0.5, 0.6) is 0 Å². The molecule has 3 N–H and O–H groups in total. The fourth-order valence-corrected chi connectivity index (χ4v) is 14.4. The summed E-state index contributed by atoms with van der Waals surface area (Å²) in [6, 6.07) is 0. The minimum Gasteiger partial charge on any atom is -0.462 e. The Morgan fingerprint density at radius 3 is 0.745 bits per heavy atom. The zero-order chi connectivity index (χ0) is 75.1. The van der Waals surface area contributed by atoms with Crippen LogP contribution in [0, 0.1) is 17.8 Å². The van der Waals surface area contributed by atoms with Crippen LogP contribution in [0.1, 0.15) is 434 Å². The maximum Gasteiger partial charge on any atom is 0.472 e. The van der Waals surface area contributed by atoms with Crippen molar-refractivity contribution in [1.29, 1.82) is 0 Å². The van der Waals surface area contributed by atoms with Gasteiger partial charge in [0.1, 0.15) is 19.3 Å². The van der Waals surface area contributed by atoms with E-state index in [1.165, 1.54) is 244 Å². The molecule has 0 aromatic rings. The third-order valence-electron chi connectivity index (χ3n) is 19.7. The number of unbranched alkanes of at least 4 members (excludes halogenated alkanes) is 48. The topological polar surface area (TPSA) is 237 Å². The molecule has 0 radical (unpaired) electrons. The SMILES string of the molecule is CCCCCCCCCCCCCCCCCCCCCCCC(=O)O[C@H](COC(=O)CCCCCCCCCCCCCC(C)C)COP(=O)(O)OC[C@@H](O)COP(=O)(O)OC[C@@H](COC(=O)CCCCCCCCCCCCC(C)C)OC(=O)CCCCCCCCCCCCC(C)CC. The molecule has 0 fully saturated rings. The van der Waals surface area contributed by atoms with Crippen molar-refractivity contribution in [2.75, 3.05) is 39.6 Å². The molecule has 6 atom stereocenters. The standard InChI is InChI=1S/C83H162O17P2/c1-8-10-11-12-13-14-15-16-17-18-19-20-21-22-23-24-27-38-45-52-59-66-82(87)99-78(70-93-80(85)64-57-50-43-36-28-25-26-33-40-47-54-61-74(3)4)72-97-101(89,90)95-68-77(84)69-96-102(91,92)98-73-79(71-94-81(86)65-58-51-44-37-31-29-34-41-48-55-62-75(5)6)100-83(88)67-60-53-46-39-32-30-35-42-49-56-63-76(7)9-2/h74-79,84H,8-73H2,1-7H3,(H,89,90)(H,91,92)/t76?,77-,78-,79-/m1/s1. The lowest BCUT2D eigenvalue weighted by Gasteiger charge is -2.21. The smallest absolute Gasteiger partial charge is 0.462 e. The Morgan fingerprint density at radius 2 is 0.500 bits per heavy atom. The minimum absolute atomic E-state index is 0.106. The Labute approximate surface area is 626 Å². The molecular formula is C83H162O17P2. The van der Waals surface area contributed by atoms with Crippen molar-refractivity contribution >= 4 is 39.5 Å². The number of aliphatic hydroxyl groups is 1. The number of hydrogen-bond acceptors (Lipinski definition) is 15. The molecule has 0 aliphatic heterocycles. The second-order valence-electron chi connectivity index (χ2n) is 31.1. The van der Waals surface area contributed by atoms with Gasteiger partial charge in [0.2, 0.25) is 0 Å². The highest BCUT2D eigenvalue weighted by Gasteiger charge is 2.30. The Morgan fingerprint density at radius 1 is 0.284 bits per heavy atom. The van der Waals surface area contributed by atoms with Gasteiger partial charge in [-0.3, -0.25) is 37.3 Å². The summed E-state index contributed by atoms with van der Waals surface area (Å²) in [5.41, 5.74) is 0. The predicted octanol–water partition coefficient (Wildman–Crippen LogP) is 24.9. The molecule has 0 spiro atoms. The summed E-state index contributed by atoms with van der Waals surface area (Å²) in [7, 11) is -9.93. The normalized spacial score (nSPS) is 14.2. The van der Waals surface area contributed by atoms with Gasteiger partial charge in [-0.15, -0.1) is 0 Å². The second kappa shape index (κ2) is 73.2. The van der Waals surface area contributed by atoms with E-state index in [4.69, 9.17) is 37.0 Å². The van der Waals surface area contributed by atoms with E-state index in [2.05, 4.69) is 48.5 Å². The molecule has 0 bridgehead atoms. The van der Waals surface area contributed by atoms with Gasteiger partial charge in [0.15, 0.2) is 12.2 Å². The number of esters is 4. The Balaban J connectivity index is 5.25. The van der Waals surface area contributed by atoms with Crippen molar-refractivity contribution in [2.45, 2.75) is 452 Å². The Bertz CT molecular complexity index is 1980. The number of hydrogen-bond donors (Lipinski definition) is 3. The summed E-state index contributed by atoms with van der Waals surface area (Å²) in [5.74, 6) is 0.223. The average molecular weight is 1490 g/mol. The predicted molar refractivity (Wildman–Crippen MR) is 418 cm³/mol. The summed E-state index contributed by atoms with van der Waals surface area (Å²) in [6.45, 7) is 12.0. The number of phosphoric acid groups is 2. The number of carbonyl (C=O) groups excluding carboxylic acids is 4. The first kappa shape index (κ1) is 100. The van der Waals surface area contributed by atoms with Crippen molar-refractivity contribution < 1.29 is 80.2 Å². The highest BCUT2D eigenvalue weighted by atomic mass is 31.2. The first-order valence-corrected chi connectivity index (χ1v) is 45.9. The van der Waals surface area contributed by atoms with Gasteiger partial charge in [0.25, 0.3) is 0 Å². The quantitative estimate of drug-likeness (QED) is 0.0222. The fourth-order valence-electron chi connectivity index (χ4n) is 12.8. The molecule has 0 aromatic heterocycles. The van der Waals surface area contributed by atoms with E-state index < -0.39 is 97.5 Å². The van der Waals surface area contributed by atoms with Crippen LogP contribution in [0.15, 0.2) is 0 Å². The van der Waals surface area contributed by atoms with Gasteiger partial charge in [-0.05, 0) is 43.4 Å². The lowest BCUT2D eigenvalue weighted by atomic mass is 9.99. The first-order valence-electron chi connectivity index (χ1n) is 42.9. The summed E-state index contributed by atoms with van der Waals surface area (Å²) in [6.07, 6.45) is 62.4. The van der Waals surface area contributed by atoms with E-state index in [0.29, 0.717) is 25.7 Å². The molecule has 19 heteroatoms. The number of ether oxygens (including phenoxy) is 4. The molecule has 0 saturated carbocycles. The van der Waals surface area contributed by atoms with Gasteiger partial charge >= 0.3 is 39.5 Å². The maximum atomic E-state index is 13.1. The van der Waals surface area contributed by atoms with E-state index >= 15 is 0 Å². The molecule has 3 unspecified atom stereocenters.